The van der Waals surface area contributed by atoms with Crippen molar-refractivity contribution in [3.63, 3.8) is 0 Å². The number of hydrogen-bond donors (Lipinski definition) is 3. The molecule has 30 heavy (non-hydrogen) atoms. The molecule has 1 saturated carbocycles. The van der Waals surface area contributed by atoms with Gasteiger partial charge < -0.3 is 20.5 Å². The van der Waals surface area contributed by atoms with Crippen LogP contribution in [0.1, 0.15) is 43.6 Å². The molecule has 1 atom stereocenters. The Morgan fingerprint density at radius 2 is 1.97 bits per heavy atom. The summed E-state index contributed by atoms with van der Waals surface area (Å²) in [4.78, 5) is 14.1. The van der Waals surface area contributed by atoms with Crippen LogP contribution in [0, 0.1) is 10.1 Å². The number of hydrogen-bond acceptors (Lipinski definition) is 7. The molecule has 1 heterocycles. The molecular formula is C22H30N4O4. The monoisotopic (exact) mass is 414 g/mol. The van der Waals surface area contributed by atoms with Crippen LogP contribution in [0.25, 0.3) is 0 Å². The Kier molecular flexibility index (Phi) is 8.41. The summed E-state index contributed by atoms with van der Waals surface area (Å²) in [7, 11) is 0. The smallest absolute Gasteiger partial charge is 0.287 e. The quantitative estimate of drug-likeness (QED) is 0.293. The molecule has 8 nitrogen and oxygen atoms in total. The molecule has 0 amide bonds. The summed E-state index contributed by atoms with van der Waals surface area (Å²) in [5, 5.41) is 27.1. The van der Waals surface area contributed by atoms with Crippen molar-refractivity contribution in [3.8, 4) is 5.75 Å². The number of nitrogens with one attached hydrogen (secondary N) is 2. The van der Waals surface area contributed by atoms with Gasteiger partial charge in [-0.1, -0.05) is 37.5 Å². The second-order valence-electron chi connectivity index (χ2n) is 7.63. The number of nitrogens with zero attached hydrogens (tertiary/aromatic N) is 2. The lowest BCUT2D eigenvalue weighted by molar-refractivity contribution is -0.385. The Balaban J connectivity index is 1.34. The van der Waals surface area contributed by atoms with Crippen LogP contribution >= 0.6 is 0 Å². The molecule has 8 heteroatoms. The van der Waals surface area contributed by atoms with Crippen molar-refractivity contribution in [1.82, 2.24) is 10.3 Å². The van der Waals surface area contributed by atoms with E-state index in [1.807, 2.05) is 12.1 Å². The van der Waals surface area contributed by atoms with E-state index in [1.54, 1.807) is 6.07 Å². The summed E-state index contributed by atoms with van der Waals surface area (Å²) in [5.41, 5.74) is 1.23. The van der Waals surface area contributed by atoms with Crippen molar-refractivity contribution in [3.05, 3.63) is 58.3 Å². The summed E-state index contributed by atoms with van der Waals surface area (Å²) >= 11 is 0. The number of benzene rings is 1. The van der Waals surface area contributed by atoms with Gasteiger partial charge in [-0.2, -0.15) is 0 Å². The molecule has 0 spiro atoms. The number of anilines is 1. The molecule has 3 N–H and O–H groups in total. The highest BCUT2D eigenvalue weighted by Gasteiger charge is 2.19. The zero-order chi connectivity index (χ0) is 21.2. The number of aliphatic hydroxyl groups excluding tert-OH is 1. The average Bonchev–Trinajstić information content (AvgIpc) is 2.78. The highest BCUT2D eigenvalue weighted by molar-refractivity contribution is 5.40. The van der Waals surface area contributed by atoms with E-state index in [4.69, 9.17) is 4.74 Å². The van der Waals surface area contributed by atoms with Crippen LogP contribution < -0.4 is 15.4 Å². The van der Waals surface area contributed by atoms with Gasteiger partial charge in [0.25, 0.3) is 5.69 Å². The maximum absolute atomic E-state index is 10.6. The normalized spacial score (nSPS) is 15.5. The van der Waals surface area contributed by atoms with E-state index < -0.39 is 11.0 Å². The molecule has 3 rings (SSSR count). The van der Waals surface area contributed by atoms with Crippen molar-refractivity contribution < 1.29 is 14.8 Å². The highest BCUT2D eigenvalue weighted by Crippen LogP contribution is 2.37. The van der Waals surface area contributed by atoms with E-state index in [0.717, 1.165) is 5.75 Å². The van der Waals surface area contributed by atoms with Crippen molar-refractivity contribution in [2.45, 2.75) is 44.1 Å². The molecule has 1 aromatic heterocycles. The lowest BCUT2D eigenvalue weighted by atomic mass is 9.84. The molecule has 2 aromatic rings. The van der Waals surface area contributed by atoms with Crippen LogP contribution in [0.5, 0.6) is 5.75 Å². The molecule has 0 bridgehead atoms. The minimum atomic E-state index is -0.609. The topological polar surface area (TPSA) is 110 Å². The summed E-state index contributed by atoms with van der Waals surface area (Å²) < 4.78 is 5.94. The summed E-state index contributed by atoms with van der Waals surface area (Å²) in [6.07, 6.45) is 6.90. The van der Waals surface area contributed by atoms with Crippen LogP contribution in [0.4, 0.5) is 11.5 Å². The molecule has 1 aliphatic carbocycles. The van der Waals surface area contributed by atoms with Gasteiger partial charge in [-0.05, 0) is 36.5 Å². The molecule has 0 saturated heterocycles. The molecule has 1 unspecified atom stereocenters. The molecular weight excluding hydrogens is 384 g/mol. The van der Waals surface area contributed by atoms with Gasteiger partial charge in [0.05, 0.1) is 4.92 Å². The Morgan fingerprint density at radius 3 is 2.70 bits per heavy atom. The third kappa shape index (κ3) is 6.67. The fourth-order valence-electron chi connectivity index (χ4n) is 3.75. The number of para-hydroxylation sites is 1. The second-order valence-corrected chi connectivity index (χ2v) is 7.63. The maximum atomic E-state index is 10.6. The lowest BCUT2D eigenvalue weighted by Gasteiger charge is -2.24. The first kappa shape index (κ1) is 22.0. The number of aliphatic hydroxyl groups is 1. The van der Waals surface area contributed by atoms with E-state index in [-0.39, 0.29) is 12.3 Å². The van der Waals surface area contributed by atoms with Gasteiger partial charge in [0.1, 0.15) is 30.5 Å². The van der Waals surface area contributed by atoms with Crippen molar-refractivity contribution >= 4 is 11.5 Å². The third-order valence-electron chi connectivity index (χ3n) is 5.34. The molecule has 1 aromatic carbocycles. The maximum Gasteiger partial charge on any atom is 0.287 e. The van der Waals surface area contributed by atoms with Crippen LogP contribution in [0.2, 0.25) is 0 Å². The Labute approximate surface area is 176 Å². The van der Waals surface area contributed by atoms with E-state index in [9.17, 15) is 15.2 Å². The highest BCUT2D eigenvalue weighted by atomic mass is 16.6. The van der Waals surface area contributed by atoms with Gasteiger partial charge in [-0.25, -0.2) is 4.98 Å². The van der Waals surface area contributed by atoms with E-state index in [1.165, 1.54) is 49.9 Å². The number of nitro groups is 1. The van der Waals surface area contributed by atoms with Gasteiger partial charge in [-0.3, -0.25) is 10.1 Å². The van der Waals surface area contributed by atoms with Gasteiger partial charge in [0, 0.05) is 25.7 Å². The molecule has 1 fully saturated rings. The van der Waals surface area contributed by atoms with Crippen LogP contribution in [-0.2, 0) is 0 Å². The molecule has 0 radical (unpaired) electrons. The first-order valence-corrected chi connectivity index (χ1v) is 10.6. The van der Waals surface area contributed by atoms with Crippen LogP contribution in [0.3, 0.4) is 0 Å². The minimum Gasteiger partial charge on any atom is -0.491 e. The number of rotatable bonds is 11. The summed E-state index contributed by atoms with van der Waals surface area (Å²) in [6, 6.07) is 11.2. The van der Waals surface area contributed by atoms with Gasteiger partial charge in [0.2, 0.25) is 0 Å². The second kappa shape index (κ2) is 11.5. The average molecular weight is 415 g/mol. The zero-order valence-electron chi connectivity index (χ0n) is 17.1. The predicted molar refractivity (Wildman–Crippen MR) is 116 cm³/mol. The van der Waals surface area contributed by atoms with Gasteiger partial charge >= 0.3 is 0 Å². The molecule has 1 aliphatic rings. The van der Waals surface area contributed by atoms with Gasteiger partial charge in [0.15, 0.2) is 0 Å². The predicted octanol–water partition coefficient (Wildman–Crippen LogP) is 3.48. The van der Waals surface area contributed by atoms with Crippen LogP contribution in [0.15, 0.2) is 42.6 Å². The van der Waals surface area contributed by atoms with Crippen LogP contribution in [-0.4, -0.2) is 47.4 Å². The number of aromatic nitrogens is 1. The first-order valence-electron chi connectivity index (χ1n) is 10.6. The SMILES string of the molecule is O=[N+]([O-])c1ccc(NCCNCC(O)COc2ccccc2C2CCCCC2)nc1. The standard InChI is InChI=1S/C22H30N4O4/c27-19(15-23-12-13-24-22-11-10-18(14-25-22)26(28)29)16-30-21-9-5-4-8-20(21)17-6-2-1-3-7-17/h4-5,8-11,14,17,19,23,27H,1-3,6-7,12-13,15-16H2,(H,24,25). The zero-order valence-corrected chi connectivity index (χ0v) is 17.1. The summed E-state index contributed by atoms with van der Waals surface area (Å²) in [5.74, 6) is 2.02. The largest absolute Gasteiger partial charge is 0.491 e. The number of ether oxygens (including phenoxy) is 1. The fraction of sp³-hybridized carbons (Fsp3) is 0.500. The summed E-state index contributed by atoms with van der Waals surface area (Å²) in [6.45, 7) is 1.87. The lowest BCUT2D eigenvalue weighted by Crippen LogP contribution is -2.34. The Hall–Kier alpha value is -2.71. The van der Waals surface area contributed by atoms with E-state index >= 15 is 0 Å². The first-order chi connectivity index (χ1) is 14.6. The van der Waals surface area contributed by atoms with Crippen molar-refractivity contribution in [2.24, 2.45) is 0 Å². The Morgan fingerprint density at radius 1 is 1.17 bits per heavy atom. The number of pyridine rings is 1. The van der Waals surface area contributed by atoms with Gasteiger partial charge in [-0.15, -0.1) is 0 Å². The molecule has 0 aliphatic heterocycles. The van der Waals surface area contributed by atoms with E-state index in [0.29, 0.717) is 31.4 Å². The Bertz CT molecular complexity index is 794. The third-order valence-corrected chi connectivity index (χ3v) is 5.34. The minimum absolute atomic E-state index is 0.0353. The van der Waals surface area contributed by atoms with E-state index in [2.05, 4.69) is 27.8 Å². The van der Waals surface area contributed by atoms with Crippen molar-refractivity contribution in [1.29, 1.82) is 0 Å². The van der Waals surface area contributed by atoms with Crippen molar-refractivity contribution in [2.75, 3.05) is 31.6 Å². The fourth-order valence-corrected chi connectivity index (χ4v) is 3.75. The molecule has 162 valence electrons.